The Hall–Kier alpha value is -1.59. The standard InChI is InChI=1S/C16H26N2O3/c1-12(17)11-14-7-4-5-8-15(14)21-13(2)16(19)18-9-6-10-20-3/h4-5,7-8,12-13H,6,9-11,17H2,1-3H3,(H,18,19). The third-order valence-electron chi connectivity index (χ3n) is 3.01. The molecular weight excluding hydrogens is 268 g/mol. The van der Waals surface area contributed by atoms with Crippen molar-refractivity contribution in [1.82, 2.24) is 5.32 Å². The lowest BCUT2D eigenvalue weighted by Crippen LogP contribution is -2.37. The molecule has 118 valence electrons. The quantitative estimate of drug-likeness (QED) is 0.677. The molecule has 0 radical (unpaired) electrons. The fourth-order valence-electron chi connectivity index (χ4n) is 1.95. The van der Waals surface area contributed by atoms with E-state index >= 15 is 0 Å². The van der Waals surface area contributed by atoms with Crippen molar-refractivity contribution in [2.45, 2.75) is 38.8 Å². The van der Waals surface area contributed by atoms with Crippen LogP contribution in [0.15, 0.2) is 24.3 Å². The molecule has 0 aliphatic carbocycles. The summed E-state index contributed by atoms with van der Waals surface area (Å²) in [7, 11) is 1.64. The molecule has 5 heteroatoms. The number of nitrogens with one attached hydrogen (secondary N) is 1. The number of amides is 1. The molecule has 2 atom stereocenters. The Morgan fingerprint density at radius 2 is 2.05 bits per heavy atom. The van der Waals surface area contributed by atoms with E-state index in [2.05, 4.69) is 5.32 Å². The SMILES string of the molecule is COCCCNC(=O)C(C)Oc1ccccc1CC(C)N. The Bertz CT molecular complexity index is 435. The van der Waals surface area contributed by atoms with Gasteiger partial charge in [0.15, 0.2) is 6.10 Å². The molecule has 0 aliphatic heterocycles. The molecule has 21 heavy (non-hydrogen) atoms. The minimum atomic E-state index is -0.540. The second-order valence-corrected chi connectivity index (χ2v) is 5.19. The molecule has 0 fully saturated rings. The maximum absolute atomic E-state index is 11.9. The van der Waals surface area contributed by atoms with Crippen LogP contribution in [0.4, 0.5) is 0 Å². The molecule has 2 unspecified atom stereocenters. The number of carbonyl (C=O) groups excluding carboxylic acids is 1. The lowest BCUT2D eigenvalue weighted by Gasteiger charge is -2.18. The van der Waals surface area contributed by atoms with E-state index < -0.39 is 6.10 Å². The molecule has 3 N–H and O–H groups in total. The van der Waals surface area contributed by atoms with E-state index in [1.54, 1.807) is 14.0 Å². The number of para-hydroxylation sites is 1. The summed E-state index contributed by atoms with van der Waals surface area (Å²) in [5, 5.41) is 2.83. The smallest absolute Gasteiger partial charge is 0.260 e. The average molecular weight is 294 g/mol. The van der Waals surface area contributed by atoms with Gasteiger partial charge in [-0.15, -0.1) is 0 Å². The maximum atomic E-state index is 11.9. The van der Waals surface area contributed by atoms with Gasteiger partial charge in [0.05, 0.1) is 0 Å². The number of benzene rings is 1. The zero-order valence-electron chi connectivity index (χ0n) is 13.1. The first kappa shape index (κ1) is 17.5. The summed E-state index contributed by atoms with van der Waals surface area (Å²) in [5.41, 5.74) is 6.85. The number of nitrogens with two attached hydrogens (primary N) is 1. The van der Waals surface area contributed by atoms with Crippen LogP contribution < -0.4 is 15.8 Å². The van der Waals surface area contributed by atoms with E-state index in [1.807, 2.05) is 31.2 Å². The number of ether oxygens (including phenoxy) is 2. The predicted octanol–water partition coefficient (Wildman–Crippen LogP) is 1.50. The molecule has 1 amide bonds. The average Bonchev–Trinajstić information content (AvgIpc) is 2.45. The molecule has 0 spiro atoms. The highest BCUT2D eigenvalue weighted by atomic mass is 16.5. The first-order chi connectivity index (χ1) is 10.0. The zero-order chi connectivity index (χ0) is 15.7. The van der Waals surface area contributed by atoms with Crippen LogP contribution in [0.2, 0.25) is 0 Å². The molecule has 0 bridgehead atoms. The van der Waals surface area contributed by atoms with Crippen LogP contribution in [0.5, 0.6) is 5.75 Å². The van der Waals surface area contributed by atoms with Crippen molar-refractivity contribution in [1.29, 1.82) is 0 Å². The third-order valence-corrected chi connectivity index (χ3v) is 3.01. The monoisotopic (exact) mass is 294 g/mol. The fraction of sp³-hybridized carbons (Fsp3) is 0.562. The molecule has 1 rings (SSSR count). The highest BCUT2D eigenvalue weighted by Crippen LogP contribution is 2.20. The van der Waals surface area contributed by atoms with Crippen LogP contribution in [0.3, 0.4) is 0 Å². The van der Waals surface area contributed by atoms with Crippen LogP contribution in [0.1, 0.15) is 25.8 Å². The highest BCUT2D eigenvalue weighted by molar-refractivity contribution is 5.80. The fourth-order valence-corrected chi connectivity index (χ4v) is 1.95. The van der Waals surface area contributed by atoms with Gasteiger partial charge in [-0.25, -0.2) is 0 Å². The van der Waals surface area contributed by atoms with E-state index in [0.717, 1.165) is 18.4 Å². The van der Waals surface area contributed by atoms with E-state index in [1.165, 1.54) is 0 Å². The van der Waals surface area contributed by atoms with E-state index in [-0.39, 0.29) is 11.9 Å². The summed E-state index contributed by atoms with van der Waals surface area (Å²) in [6, 6.07) is 7.73. The van der Waals surface area contributed by atoms with Gasteiger partial charge >= 0.3 is 0 Å². The van der Waals surface area contributed by atoms with E-state index in [9.17, 15) is 4.79 Å². The van der Waals surface area contributed by atoms with Crippen molar-refractivity contribution in [2.24, 2.45) is 5.73 Å². The number of hydrogen-bond donors (Lipinski definition) is 2. The van der Waals surface area contributed by atoms with Gasteiger partial charge in [-0.2, -0.15) is 0 Å². The van der Waals surface area contributed by atoms with Gasteiger partial charge in [-0.05, 0) is 38.3 Å². The van der Waals surface area contributed by atoms with Crippen molar-refractivity contribution in [3.05, 3.63) is 29.8 Å². The molecule has 1 aromatic carbocycles. The van der Waals surface area contributed by atoms with Crippen LogP contribution in [-0.2, 0) is 16.0 Å². The molecule has 1 aromatic rings. The van der Waals surface area contributed by atoms with Crippen molar-refractivity contribution in [3.63, 3.8) is 0 Å². The Labute approximate surface area is 126 Å². The number of carbonyl (C=O) groups is 1. The van der Waals surface area contributed by atoms with Gasteiger partial charge in [0, 0.05) is 26.3 Å². The number of hydrogen-bond acceptors (Lipinski definition) is 4. The van der Waals surface area contributed by atoms with Crippen LogP contribution >= 0.6 is 0 Å². The molecule has 5 nitrogen and oxygen atoms in total. The van der Waals surface area contributed by atoms with Gasteiger partial charge < -0.3 is 20.5 Å². The van der Waals surface area contributed by atoms with Crippen LogP contribution in [0, 0.1) is 0 Å². The lowest BCUT2D eigenvalue weighted by molar-refractivity contribution is -0.127. The number of methoxy groups -OCH3 is 1. The summed E-state index contributed by atoms with van der Waals surface area (Å²) in [5.74, 6) is 0.594. The van der Waals surface area contributed by atoms with Gasteiger partial charge in [0.25, 0.3) is 5.91 Å². The van der Waals surface area contributed by atoms with E-state index in [4.69, 9.17) is 15.2 Å². The first-order valence-electron chi connectivity index (χ1n) is 7.31. The van der Waals surface area contributed by atoms with Crippen molar-refractivity contribution < 1.29 is 14.3 Å². The van der Waals surface area contributed by atoms with Crippen molar-refractivity contribution in [3.8, 4) is 5.75 Å². The summed E-state index contributed by atoms with van der Waals surface area (Å²) >= 11 is 0. The maximum Gasteiger partial charge on any atom is 0.260 e. The number of rotatable bonds is 9. The van der Waals surface area contributed by atoms with Crippen molar-refractivity contribution in [2.75, 3.05) is 20.3 Å². The van der Waals surface area contributed by atoms with E-state index in [0.29, 0.717) is 18.9 Å². The summed E-state index contributed by atoms with van der Waals surface area (Å²) in [6.07, 6.45) is 0.968. The second-order valence-electron chi connectivity index (χ2n) is 5.19. The van der Waals surface area contributed by atoms with Gasteiger partial charge in [0.1, 0.15) is 5.75 Å². The predicted molar refractivity (Wildman–Crippen MR) is 83.4 cm³/mol. The Kier molecular flexibility index (Phi) is 7.79. The second kappa shape index (κ2) is 9.37. The first-order valence-corrected chi connectivity index (χ1v) is 7.31. The van der Waals surface area contributed by atoms with Gasteiger partial charge in [-0.1, -0.05) is 18.2 Å². The molecule has 0 aliphatic rings. The molecule has 0 saturated heterocycles. The summed E-state index contributed by atoms with van der Waals surface area (Å²) in [6.45, 7) is 4.91. The minimum absolute atomic E-state index is 0.0490. The topological polar surface area (TPSA) is 73.6 Å². The third kappa shape index (κ3) is 6.60. The molecule has 0 heterocycles. The van der Waals surface area contributed by atoms with Crippen LogP contribution in [0.25, 0.3) is 0 Å². The van der Waals surface area contributed by atoms with Crippen LogP contribution in [-0.4, -0.2) is 38.3 Å². The van der Waals surface area contributed by atoms with Crippen molar-refractivity contribution >= 4 is 5.91 Å². The molecule has 0 saturated carbocycles. The Morgan fingerprint density at radius 3 is 2.71 bits per heavy atom. The Morgan fingerprint density at radius 1 is 1.33 bits per heavy atom. The Balaban J connectivity index is 2.53. The largest absolute Gasteiger partial charge is 0.481 e. The zero-order valence-corrected chi connectivity index (χ0v) is 13.1. The van der Waals surface area contributed by atoms with Gasteiger partial charge in [-0.3, -0.25) is 4.79 Å². The lowest BCUT2D eigenvalue weighted by atomic mass is 10.1. The summed E-state index contributed by atoms with van der Waals surface area (Å²) in [4.78, 5) is 11.9. The highest BCUT2D eigenvalue weighted by Gasteiger charge is 2.16. The molecular formula is C16H26N2O3. The minimum Gasteiger partial charge on any atom is -0.481 e. The summed E-state index contributed by atoms with van der Waals surface area (Å²) < 4.78 is 10.7. The molecule has 0 aromatic heterocycles. The normalized spacial score (nSPS) is 13.5. The van der Waals surface area contributed by atoms with Gasteiger partial charge in [0.2, 0.25) is 0 Å².